The molecular formula is C18H18F2N2OS2. The molecule has 3 rings (SSSR count). The van der Waals surface area contributed by atoms with Crippen molar-refractivity contribution in [2.75, 3.05) is 0 Å². The van der Waals surface area contributed by atoms with Crippen molar-refractivity contribution in [3.05, 3.63) is 57.2 Å². The Kier molecular flexibility index (Phi) is 5.86. The second kappa shape index (κ2) is 8.10. The van der Waals surface area contributed by atoms with Crippen molar-refractivity contribution in [2.45, 2.75) is 43.6 Å². The number of aromatic nitrogens is 2. The van der Waals surface area contributed by atoms with Gasteiger partial charge in [0.2, 0.25) is 0 Å². The summed E-state index contributed by atoms with van der Waals surface area (Å²) in [6, 6.07) is 5.21. The van der Waals surface area contributed by atoms with Crippen LogP contribution in [0.2, 0.25) is 0 Å². The zero-order valence-electron chi connectivity index (χ0n) is 13.8. The molecule has 0 aliphatic heterocycles. The van der Waals surface area contributed by atoms with Crippen LogP contribution in [0.25, 0.3) is 10.2 Å². The van der Waals surface area contributed by atoms with E-state index in [4.69, 9.17) is 0 Å². The summed E-state index contributed by atoms with van der Waals surface area (Å²) in [5.41, 5.74) is 0.868. The summed E-state index contributed by atoms with van der Waals surface area (Å²) in [7, 11) is 0. The predicted octanol–water partition coefficient (Wildman–Crippen LogP) is 5.22. The lowest BCUT2D eigenvalue weighted by Crippen LogP contribution is -2.22. The van der Waals surface area contributed by atoms with E-state index in [0.29, 0.717) is 21.9 Å². The molecule has 0 atom stereocenters. The Balaban J connectivity index is 1.91. The number of unbranched alkanes of at least 4 members (excludes halogenated alkanes) is 2. The van der Waals surface area contributed by atoms with Gasteiger partial charge in [-0.1, -0.05) is 31.5 Å². The lowest BCUT2D eigenvalue weighted by Gasteiger charge is -2.12. The largest absolute Gasteiger partial charge is 0.286 e. The van der Waals surface area contributed by atoms with E-state index < -0.39 is 11.6 Å². The standard InChI is InChI=1S/C18H18F2N2OS2/c1-2-3-4-8-22-17(23)16-15(7-9-24-16)21-18(22)25-11-12-10-13(19)5-6-14(12)20/h5-7,9-10H,2-4,8,11H2,1H3. The number of nitrogens with zero attached hydrogens (tertiary/aromatic N) is 2. The topological polar surface area (TPSA) is 34.9 Å². The molecule has 0 fully saturated rings. The van der Waals surface area contributed by atoms with Gasteiger partial charge in [0.05, 0.1) is 5.52 Å². The molecule has 0 aliphatic carbocycles. The smallest absolute Gasteiger partial charge is 0.272 e. The summed E-state index contributed by atoms with van der Waals surface area (Å²) in [4.78, 5) is 17.3. The van der Waals surface area contributed by atoms with Crippen LogP contribution in [-0.2, 0) is 12.3 Å². The minimum absolute atomic E-state index is 0.0571. The summed E-state index contributed by atoms with van der Waals surface area (Å²) in [5, 5.41) is 2.39. The van der Waals surface area contributed by atoms with Gasteiger partial charge < -0.3 is 0 Å². The van der Waals surface area contributed by atoms with Crippen molar-refractivity contribution in [1.29, 1.82) is 0 Å². The molecule has 132 valence electrons. The number of halogens is 2. The molecule has 0 saturated carbocycles. The van der Waals surface area contributed by atoms with Crippen molar-refractivity contribution in [3.63, 3.8) is 0 Å². The fraction of sp³-hybridized carbons (Fsp3) is 0.333. The molecule has 0 aliphatic rings. The van der Waals surface area contributed by atoms with Crippen molar-refractivity contribution < 1.29 is 8.78 Å². The van der Waals surface area contributed by atoms with E-state index in [1.54, 1.807) is 4.57 Å². The molecule has 0 N–H and O–H groups in total. The van der Waals surface area contributed by atoms with E-state index in [9.17, 15) is 13.6 Å². The second-order valence-electron chi connectivity index (χ2n) is 5.72. The third-order valence-electron chi connectivity index (χ3n) is 3.88. The first-order chi connectivity index (χ1) is 12.1. The molecule has 0 amide bonds. The van der Waals surface area contributed by atoms with Crippen molar-refractivity contribution in [1.82, 2.24) is 9.55 Å². The van der Waals surface area contributed by atoms with E-state index in [-0.39, 0.29) is 16.9 Å². The van der Waals surface area contributed by atoms with Gasteiger partial charge >= 0.3 is 0 Å². The number of hydrogen-bond donors (Lipinski definition) is 0. The predicted molar refractivity (Wildman–Crippen MR) is 99.3 cm³/mol. The minimum atomic E-state index is -0.474. The monoisotopic (exact) mass is 380 g/mol. The fourth-order valence-corrected chi connectivity index (χ4v) is 4.32. The van der Waals surface area contributed by atoms with Gasteiger partial charge in [-0.25, -0.2) is 13.8 Å². The Hall–Kier alpha value is -1.73. The van der Waals surface area contributed by atoms with Crippen molar-refractivity contribution >= 4 is 33.3 Å². The summed E-state index contributed by atoms with van der Waals surface area (Å²) in [6.45, 7) is 2.69. The Morgan fingerprint density at radius 1 is 1.24 bits per heavy atom. The van der Waals surface area contributed by atoms with E-state index in [2.05, 4.69) is 11.9 Å². The maximum Gasteiger partial charge on any atom is 0.272 e. The third-order valence-corrected chi connectivity index (χ3v) is 5.80. The lowest BCUT2D eigenvalue weighted by atomic mass is 10.2. The van der Waals surface area contributed by atoms with Crippen LogP contribution in [0.4, 0.5) is 8.78 Å². The number of rotatable bonds is 7. The molecule has 0 saturated heterocycles. The summed E-state index contributed by atoms with van der Waals surface area (Å²) in [5.74, 6) is -0.705. The molecule has 1 aromatic carbocycles. The summed E-state index contributed by atoms with van der Waals surface area (Å²) >= 11 is 2.64. The highest BCUT2D eigenvalue weighted by molar-refractivity contribution is 7.98. The van der Waals surface area contributed by atoms with Gasteiger partial charge in [0, 0.05) is 17.9 Å². The first-order valence-electron chi connectivity index (χ1n) is 8.15. The van der Waals surface area contributed by atoms with E-state index in [0.717, 1.165) is 31.4 Å². The van der Waals surface area contributed by atoms with Crippen LogP contribution in [0.1, 0.15) is 31.7 Å². The lowest BCUT2D eigenvalue weighted by molar-refractivity contribution is 0.542. The molecule has 0 radical (unpaired) electrons. The summed E-state index contributed by atoms with van der Waals surface area (Å²) in [6.07, 6.45) is 2.97. The third kappa shape index (κ3) is 4.10. The molecule has 0 unspecified atom stereocenters. The van der Waals surface area contributed by atoms with Crippen LogP contribution in [0.3, 0.4) is 0 Å². The number of benzene rings is 1. The number of thioether (sulfide) groups is 1. The summed E-state index contributed by atoms with van der Waals surface area (Å²) < 4.78 is 29.5. The van der Waals surface area contributed by atoms with Crippen LogP contribution in [0, 0.1) is 11.6 Å². The average molecular weight is 380 g/mol. The molecule has 2 heterocycles. The van der Waals surface area contributed by atoms with Gasteiger partial charge in [-0.2, -0.15) is 0 Å². The Bertz CT molecular complexity index is 936. The highest BCUT2D eigenvalue weighted by atomic mass is 32.2. The number of hydrogen-bond acceptors (Lipinski definition) is 4. The van der Waals surface area contributed by atoms with Crippen LogP contribution < -0.4 is 5.56 Å². The van der Waals surface area contributed by atoms with Crippen molar-refractivity contribution in [3.8, 4) is 0 Å². The van der Waals surface area contributed by atoms with Crippen LogP contribution in [-0.4, -0.2) is 9.55 Å². The highest BCUT2D eigenvalue weighted by Gasteiger charge is 2.14. The quantitative estimate of drug-likeness (QED) is 0.320. The van der Waals surface area contributed by atoms with E-state index in [1.807, 2.05) is 11.4 Å². The van der Waals surface area contributed by atoms with Crippen LogP contribution in [0.15, 0.2) is 39.6 Å². The van der Waals surface area contributed by atoms with Gasteiger partial charge in [-0.05, 0) is 36.1 Å². The first-order valence-corrected chi connectivity index (χ1v) is 10.0. The molecule has 0 spiro atoms. The maximum absolute atomic E-state index is 13.8. The van der Waals surface area contributed by atoms with Gasteiger partial charge in [0.15, 0.2) is 5.16 Å². The van der Waals surface area contributed by atoms with E-state index in [1.165, 1.54) is 29.2 Å². The molecule has 3 aromatic rings. The fourth-order valence-electron chi connectivity index (χ4n) is 2.55. The van der Waals surface area contributed by atoms with Gasteiger partial charge in [-0.3, -0.25) is 9.36 Å². The van der Waals surface area contributed by atoms with Gasteiger partial charge in [0.25, 0.3) is 5.56 Å². The van der Waals surface area contributed by atoms with E-state index >= 15 is 0 Å². The molecule has 2 aromatic heterocycles. The maximum atomic E-state index is 13.8. The Morgan fingerprint density at radius 2 is 2.08 bits per heavy atom. The van der Waals surface area contributed by atoms with Crippen LogP contribution >= 0.6 is 23.1 Å². The Morgan fingerprint density at radius 3 is 2.88 bits per heavy atom. The normalized spacial score (nSPS) is 11.3. The molecule has 0 bridgehead atoms. The van der Waals surface area contributed by atoms with Gasteiger partial charge in [-0.15, -0.1) is 11.3 Å². The Labute approximate surface area is 152 Å². The SMILES string of the molecule is CCCCCn1c(SCc2cc(F)ccc2F)nc2ccsc2c1=O. The zero-order chi connectivity index (χ0) is 17.8. The second-order valence-corrected chi connectivity index (χ2v) is 7.58. The first kappa shape index (κ1) is 18.1. The molecule has 7 heteroatoms. The zero-order valence-corrected chi connectivity index (χ0v) is 15.4. The highest BCUT2D eigenvalue weighted by Crippen LogP contribution is 2.25. The number of thiophene rings is 1. The molecule has 25 heavy (non-hydrogen) atoms. The van der Waals surface area contributed by atoms with Gasteiger partial charge in [0.1, 0.15) is 16.3 Å². The average Bonchev–Trinajstić information content (AvgIpc) is 3.07. The minimum Gasteiger partial charge on any atom is -0.286 e. The molecule has 3 nitrogen and oxygen atoms in total. The van der Waals surface area contributed by atoms with Crippen molar-refractivity contribution in [2.24, 2.45) is 0 Å². The molecular weight excluding hydrogens is 362 g/mol. The number of fused-ring (bicyclic) bond motifs is 1. The van der Waals surface area contributed by atoms with Crippen LogP contribution in [0.5, 0.6) is 0 Å².